The van der Waals surface area contributed by atoms with Gasteiger partial charge >= 0.3 is 0 Å². The van der Waals surface area contributed by atoms with E-state index in [1.807, 2.05) is 0 Å². The lowest BCUT2D eigenvalue weighted by atomic mass is 10.3. The summed E-state index contributed by atoms with van der Waals surface area (Å²) in [7, 11) is 1.64. The second kappa shape index (κ2) is 7.97. The van der Waals surface area contributed by atoms with E-state index in [1.54, 1.807) is 7.11 Å². The molecule has 0 aliphatic heterocycles. The highest BCUT2D eigenvalue weighted by atomic mass is 19.1. The number of rotatable bonds is 8. The average molecular weight is 245 g/mol. The summed E-state index contributed by atoms with van der Waals surface area (Å²) in [6.45, 7) is 2.23. The second-order valence-corrected chi connectivity index (χ2v) is 3.51. The summed E-state index contributed by atoms with van der Waals surface area (Å²) in [5, 5.41) is 2.83. The fourth-order valence-electron chi connectivity index (χ4n) is 1.30. The molecule has 0 unspecified atom stereocenters. The van der Waals surface area contributed by atoms with Crippen molar-refractivity contribution in [3.05, 3.63) is 29.8 Å². The number of halogens is 2. The zero-order valence-electron chi connectivity index (χ0n) is 9.84. The maximum atomic E-state index is 13.2. The smallest absolute Gasteiger partial charge is 0.149 e. The molecule has 0 radical (unpaired) electrons. The van der Waals surface area contributed by atoms with Crippen molar-refractivity contribution in [1.82, 2.24) is 0 Å². The van der Waals surface area contributed by atoms with E-state index in [9.17, 15) is 8.78 Å². The Morgan fingerprint density at radius 1 is 1.18 bits per heavy atom. The van der Waals surface area contributed by atoms with Gasteiger partial charge in [-0.05, 0) is 18.6 Å². The summed E-state index contributed by atoms with van der Waals surface area (Å²) in [6, 6.07) is 3.43. The third kappa shape index (κ3) is 5.60. The molecule has 96 valence electrons. The predicted octanol–water partition coefficient (Wildman–Crippen LogP) is 2.43. The lowest BCUT2D eigenvalue weighted by molar-refractivity contribution is 0.109. The Morgan fingerprint density at radius 3 is 2.71 bits per heavy atom. The molecule has 0 aromatic heterocycles. The Bertz CT molecular complexity index is 334. The van der Waals surface area contributed by atoms with E-state index < -0.39 is 11.6 Å². The van der Waals surface area contributed by atoms with E-state index in [4.69, 9.17) is 9.47 Å². The first-order chi connectivity index (χ1) is 8.24. The second-order valence-electron chi connectivity index (χ2n) is 3.51. The normalized spacial score (nSPS) is 10.5. The molecule has 0 bridgehead atoms. The molecule has 0 spiro atoms. The van der Waals surface area contributed by atoms with E-state index in [1.165, 1.54) is 12.1 Å². The van der Waals surface area contributed by atoms with Gasteiger partial charge in [0.05, 0.1) is 12.3 Å². The van der Waals surface area contributed by atoms with Crippen LogP contribution in [0.2, 0.25) is 0 Å². The first kappa shape index (κ1) is 13.9. The predicted molar refractivity (Wildman–Crippen MR) is 62.2 cm³/mol. The molecule has 0 aliphatic rings. The summed E-state index contributed by atoms with van der Waals surface area (Å²) < 4.78 is 35.9. The van der Waals surface area contributed by atoms with Crippen molar-refractivity contribution in [1.29, 1.82) is 0 Å². The highest BCUT2D eigenvalue weighted by molar-refractivity contribution is 5.44. The van der Waals surface area contributed by atoms with Crippen molar-refractivity contribution in [2.45, 2.75) is 6.42 Å². The molecular formula is C12H17F2NO2. The fourth-order valence-corrected chi connectivity index (χ4v) is 1.30. The minimum absolute atomic E-state index is 0.284. The topological polar surface area (TPSA) is 30.5 Å². The average Bonchev–Trinajstić information content (AvgIpc) is 2.30. The van der Waals surface area contributed by atoms with Gasteiger partial charge in [-0.2, -0.15) is 0 Å². The molecule has 0 amide bonds. The van der Waals surface area contributed by atoms with Crippen LogP contribution in [0.5, 0.6) is 0 Å². The lowest BCUT2D eigenvalue weighted by Gasteiger charge is -2.08. The largest absolute Gasteiger partial charge is 0.385 e. The van der Waals surface area contributed by atoms with E-state index in [0.29, 0.717) is 26.4 Å². The van der Waals surface area contributed by atoms with Crippen molar-refractivity contribution < 1.29 is 18.3 Å². The van der Waals surface area contributed by atoms with E-state index in [-0.39, 0.29) is 5.69 Å². The van der Waals surface area contributed by atoms with Gasteiger partial charge in [0.15, 0.2) is 0 Å². The number of ether oxygens (including phenoxy) is 2. The fraction of sp³-hybridized carbons (Fsp3) is 0.500. The molecule has 1 N–H and O–H groups in total. The van der Waals surface area contributed by atoms with Crippen LogP contribution >= 0.6 is 0 Å². The van der Waals surface area contributed by atoms with Crippen molar-refractivity contribution in [3.63, 3.8) is 0 Å². The number of nitrogens with one attached hydrogen (secondary N) is 1. The van der Waals surface area contributed by atoms with Gasteiger partial charge in [0, 0.05) is 32.9 Å². The Labute approximate surface area is 99.7 Å². The minimum Gasteiger partial charge on any atom is -0.385 e. The van der Waals surface area contributed by atoms with Gasteiger partial charge < -0.3 is 14.8 Å². The van der Waals surface area contributed by atoms with E-state index in [0.717, 1.165) is 12.5 Å². The molecule has 0 atom stereocenters. The van der Waals surface area contributed by atoms with Crippen molar-refractivity contribution >= 4 is 5.69 Å². The number of methoxy groups -OCH3 is 1. The molecule has 3 nitrogen and oxygen atoms in total. The molecule has 5 heteroatoms. The number of hydrogen-bond acceptors (Lipinski definition) is 3. The monoisotopic (exact) mass is 245 g/mol. The molecule has 1 aromatic rings. The third-order valence-electron chi connectivity index (χ3n) is 2.13. The van der Waals surface area contributed by atoms with E-state index in [2.05, 4.69) is 5.32 Å². The molecule has 0 saturated carbocycles. The Hall–Kier alpha value is -1.20. The summed E-state index contributed by atoms with van der Waals surface area (Å²) in [6.07, 6.45) is 0.835. The standard InChI is InChI=1S/C12H17F2NO2/c1-16-6-2-7-17-8-5-15-12-4-3-10(13)9-11(12)14/h3-4,9,15H,2,5-8H2,1H3. The summed E-state index contributed by atoms with van der Waals surface area (Å²) in [4.78, 5) is 0. The SMILES string of the molecule is COCCCOCCNc1ccc(F)cc1F. The van der Waals surface area contributed by atoms with Gasteiger partial charge in [-0.25, -0.2) is 8.78 Å². The van der Waals surface area contributed by atoms with Crippen LogP contribution in [0, 0.1) is 11.6 Å². The van der Waals surface area contributed by atoms with Crippen molar-refractivity contribution in [2.24, 2.45) is 0 Å². The van der Waals surface area contributed by atoms with Crippen LogP contribution in [0.25, 0.3) is 0 Å². The zero-order valence-corrected chi connectivity index (χ0v) is 9.84. The highest BCUT2D eigenvalue weighted by Crippen LogP contribution is 2.14. The lowest BCUT2D eigenvalue weighted by Crippen LogP contribution is -2.11. The number of anilines is 1. The summed E-state index contributed by atoms with van der Waals surface area (Å²) in [5.74, 6) is -1.17. The van der Waals surface area contributed by atoms with Crippen LogP contribution in [-0.4, -0.2) is 33.5 Å². The van der Waals surface area contributed by atoms with Gasteiger partial charge in [0.25, 0.3) is 0 Å². The number of hydrogen-bond donors (Lipinski definition) is 1. The maximum absolute atomic E-state index is 13.2. The van der Waals surface area contributed by atoms with Crippen molar-refractivity contribution in [2.75, 3.05) is 38.8 Å². The zero-order chi connectivity index (χ0) is 12.5. The first-order valence-corrected chi connectivity index (χ1v) is 5.49. The summed E-state index contributed by atoms with van der Waals surface area (Å²) >= 11 is 0. The minimum atomic E-state index is -0.593. The third-order valence-corrected chi connectivity index (χ3v) is 2.13. The molecule has 1 aromatic carbocycles. The van der Waals surface area contributed by atoms with Crippen LogP contribution in [0.3, 0.4) is 0 Å². The molecule has 1 rings (SSSR count). The molecular weight excluding hydrogens is 228 g/mol. The van der Waals surface area contributed by atoms with Gasteiger partial charge in [-0.15, -0.1) is 0 Å². The first-order valence-electron chi connectivity index (χ1n) is 5.49. The molecule has 0 fully saturated rings. The molecule has 0 aliphatic carbocycles. The Kier molecular flexibility index (Phi) is 6.50. The van der Waals surface area contributed by atoms with Crippen LogP contribution < -0.4 is 5.32 Å². The number of benzene rings is 1. The van der Waals surface area contributed by atoms with Crippen LogP contribution in [0.4, 0.5) is 14.5 Å². The van der Waals surface area contributed by atoms with Crippen molar-refractivity contribution in [3.8, 4) is 0 Å². The van der Waals surface area contributed by atoms with Crippen LogP contribution in [0.15, 0.2) is 18.2 Å². The van der Waals surface area contributed by atoms with Gasteiger partial charge in [-0.3, -0.25) is 0 Å². The Morgan fingerprint density at radius 2 is 2.00 bits per heavy atom. The molecule has 17 heavy (non-hydrogen) atoms. The van der Waals surface area contributed by atoms with Gasteiger partial charge in [-0.1, -0.05) is 0 Å². The maximum Gasteiger partial charge on any atom is 0.149 e. The van der Waals surface area contributed by atoms with Crippen LogP contribution in [-0.2, 0) is 9.47 Å². The molecule has 0 heterocycles. The highest BCUT2D eigenvalue weighted by Gasteiger charge is 2.02. The van der Waals surface area contributed by atoms with Gasteiger partial charge in [0.1, 0.15) is 11.6 Å². The molecule has 0 saturated heterocycles. The quantitative estimate of drug-likeness (QED) is 0.713. The van der Waals surface area contributed by atoms with Crippen LogP contribution in [0.1, 0.15) is 6.42 Å². The van der Waals surface area contributed by atoms with E-state index >= 15 is 0 Å². The Balaban J connectivity index is 2.14. The van der Waals surface area contributed by atoms with Gasteiger partial charge in [0.2, 0.25) is 0 Å². The summed E-state index contributed by atoms with van der Waals surface area (Å²) in [5.41, 5.74) is 0.284.